The molecule has 2 atom stereocenters. The minimum Gasteiger partial charge on any atom is -0.497 e. The molecule has 4 rings (SSSR count). The Bertz CT molecular complexity index is 1420. The fourth-order valence-electron chi connectivity index (χ4n) is 4.36. The number of hydrogen-bond acceptors (Lipinski definition) is 6. The number of nitrogens with zero attached hydrogens (tertiary/aromatic N) is 1. The molecule has 1 aliphatic rings. The number of rotatable bonds is 7. The van der Waals surface area contributed by atoms with Gasteiger partial charge in [0.15, 0.2) is 6.10 Å². The first-order valence-corrected chi connectivity index (χ1v) is 13.8. The predicted octanol–water partition coefficient (Wildman–Crippen LogP) is 4.84. The Morgan fingerprint density at radius 3 is 2.37 bits per heavy atom. The fourth-order valence-corrected chi connectivity index (χ4v) is 5.85. The van der Waals surface area contributed by atoms with Gasteiger partial charge in [-0.25, -0.2) is 8.42 Å². The van der Waals surface area contributed by atoms with Crippen LogP contribution in [0, 0.1) is 0 Å². The average molecular weight is 539 g/mol. The third-order valence-corrected chi connectivity index (χ3v) is 8.37. The molecule has 1 amide bonds. The number of carbonyl (C=O) groups is 1. The molecule has 0 spiro atoms. The molecular weight excluding hydrogens is 504 g/mol. The molecule has 1 aliphatic heterocycles. The normalized spacial score (nSPS) is 16.2. The van der Waals surface area contributed by atoms with E-state index in [1.165, 1.54) is 4.31 Å². The Hall–Kier alpha value is -3.72. The maximum atomic E-state index is 13.8. The molecule has 3 aromatic carbocycles. The molecule has 1 heterocycles. The molecule has 2 unspecified atom stereocenters. The molecule has 0 radical (unpaired) electrons. The van der Waals surface area contributed by atoms with Gasteiger partial charge in [-0.2, -0.15) is 0 Å². The van der Waals surface area contributed by atoms with Crippen LogP contribution in [0.5, 0.6) is 17.2 Å². The lowest BCUT2D eigenvalue weighted by Crippen LogP contribution is -2.51. The van der Waals surface area contributed by atoms with Gasteiger partial charge >= 0.3 is 0 Å². The number of hydrogen-bond donors (Lipinski definition) is 1. The minimum absolute atomic E-state index is 0.141. The van der Waals surface area contributed by atoms with Gasteiger partial charge in [-0.1, -0.05) is 45.0 Å². The zero-order valence-electron chi connectivity index (χ0n) is 22.5. The largest absolute Gasteiger partial charge is 0.497 e. The number of sulfonamides is 1. The molecule has 0 aliphatic carbocycles. The third-order valence-electron chi connectivity index (χ3n) is 6.58. The highest BCUT2D eigenvalue weighted by atomic mass is 32.2. The van der Waals surface area contributed by atoms with Crippen LogP contribution in [-0.2, 0) is 20.2 Å². The summed E-state index contributed by atoms with van der Waals surface area (Å²) in [5.74, 6) is 1.10. The van der Waals surface area contributed by atoms with Crippen molar-refractivity contribution in [2.45, 2.75) is 50.2 Å². The third kappa shape index (κ3) is 5.43. The van der Waals surface area contributed by atoms with Crippen LogP contribution in [0.4, 0.5) is 5.69 Å². The molecule has 3 aromatic rings. The van der Waals surface area contributed by atoms with Gasteiger partial charge in [0.1, 0.15) is 17.2 Å². The van der Waals surface area contributed by atoms with Crippen molar-refractivity contribution < 1.29 is 27.4 Å². The molecule has 38 heavy (non-hydrogen) atoms. The van der Waals surface area contributed by atoms with Crippen LogP contribution in [0.25, 0.3) is 0 Å². The van der Waals surface area contributed by atoms with Crippen LogP contribution >= 0.6 is 0 Å². The molecule has 1 N–H and O–H groups in total. The number of carbonyl (C=O) groups excluding carboxylic acids is 1. The Balaban J connectivity index is 1.69. The monoisotopic (exact) mass is 538 g/mol. The van der Waals surface area contributed by atoms with Crippen molar-refractivity contribution >= 4 is 21.6 Å². The van der Waals surface area contributed by atoms with Crippen LogP contribution in [0.3, 0.4) is 0 Å². The van der Waals surface area contributed by atoms with Crippen molar-refractivity contribution in [3.05, 3.63) is 77.9 Å². The standard InChI is InChI=1S/C29H34N2O6S/c1-19(23-17-21(35-5)13-15-25(23)36-6)30-28(32)27-18-31(38(33,34)22-10-8-7-9-11-22)24-16-20(29(2,3)4)12-14-26(24)37-27/h7-17,19,27H,18H2,1-6H3,(H,30,32). The van der Waals surface area contributed by atoms with Crippen molar-refractivity contribution in [3.63, 3.8) is 0 Å². The molecule has 0 aromatic heterocycles. The highest BCUT2D eigenvalue weighted by Crippen LogP contribution is 2.40. The maximum absolute atomic E-state index is 13.8. The zero-order chi connectivity index (χ0) is 27.7. The molecule has 0 saturated carbocycles. The highest BCUT2D eigenvalue weighted by Gasteiger charge is 2.38. The molecule has 0 saturated heterocycles. The van der Waals surface area contributed by atoms with E-state index in [9.17, 15) is 13.2 Å². The van der Waals surface area contributed by atoms with Crippen molar-refractivity contribution in [1.29, 1.82) is 0 Å². The minimum atomic E-state index is -3.97. The van der Waals surface area contributed by atoms with Crippen molar-refractivity contribution in [2.75, 3.05) is 25.1 Å². The number of ether oxygens (including phenoxy) is 3. The molecular formula is C29H34N2O6S. The summed E-state index contributed by atoms with van der Waals surface area (Å²) in [7, 11) is -0.848. The summed E-state index contributed by atoms with van der Waals surface area (Å²) in [5, 5.41) is 2.95. The number of benzene rings is 3. The number of nitrogens with one attached hydrogen (secondary N) is 1. The number of anilines is 1. The quantitative estimate of drug-likeness (QED) is 0.463. The van der Waals surface area contributed by atoms with E-state index in [1.54, 1.807) is 68.8 Å². The molecule has 0 bridgehead atoms. The van der Waals surface area contributed by atoms with E-state index >= 15 is 0 Å². The molecule has 9 heteroatoms. The van der Waals surface area contributed by atoms with Gasteiger partial charge in [0.25, 0.3) is 15.9 Å². The smallest absolute Gasteiger partial charge is 0.264 e. The van der Waals surface area contributed by atoms with Gasteiger partial charge in [0, 0.05) is 5.56 Å². The first kappa shape index (κ1) is 27.3. The van der Waals surface area contributed by atoms with Gasteiger partial charge in [-0.05, 0) is 60.4 Å². The van der Waals surface area contributed by atoms with Gasteiger partial charge in [0.2, 0.25) is 0 Å². The second kappa shape index (κ2) is 10.6. The number of methoxy groups -OCH3 is 2. The molecule has 202 valence electrons. The van der Waals surface area contributed by atoms with Gasteiger partial charge in [-0.15, -0.1) is 0 Å². The van der Waals surface area contributed by atoms with Crippen LogP contribution in [0.2, 0.25) is 0 Å². The van der Waals surface area contributed by atoms with Crippen molar-refractivity contribution in [1.82, 2.24) is 5.32 Å². The molecule has 0 fully saturated rings. The maximum Gasteiger partial charge on any atom is 0.264 e. The highest BCUT2D eigenvalue weighted by molar-refractivity contribution is 7.92. The second-order valence-electron chi connectivity index (χ2n) is 10.2. The Morgan fingerprint density at radius 1 is 1.03 bits per heavy atom. The summed E-state index contributed by atoms with van der Waals surface area (Å²) in [6, 6.07) is 18.5. The van der Waals surface area contributed by atoms with E-state index in [2.05, 4.69) is 26.1 Å². The van der Waals surface area contributed by atoms with E-state index in [4.69, 9.17) is 14.2 Å². The predicted molar refractivity (Wildman–Crippen MR) is 147 cm³/mol. The zero-order valence-corrected chi connectivity index (χ0v) is 23.3. The lowest BCUT2D eigenvalue weighted by Gasteiger charge is -2.36. The average Bonchev–Trinajstić information content (AvgIpc) is 2.91. The van der Waals surface area contributed by atoms with E-state index in [0.717, 1.165) is 11.1 Å². The Morgan fingerprint density at radius 2 is 1.74 bits per heavy atom. The van der Waals surface area contributed by atoms with E-state index in [-0.39, 0.29) is 16.9 Å². The summed E-state index contributed by atoms with van der Waals surface area (Å²) >= 11 is 0. The van der Waals surface area contributed by atoms with E-state index in [1.807, 2.05) is 19.1 Å². The first-order chi connectivity index (χ1) is 18.0. The van der Waals surface area contributed by atoms with Crippen molar-refractivity contribution in [3.8, 4) is 17.2 Å². The first-order valence-electron chi connectivity index (χ1n) is 12.4. The van der Waals surface area contributed by atoms with Gasteiger partial charge in [0.05, 0.1) is 37.4 Å². The lowest BCUT2D eigenvalue weighted by molar-refractivity contribution is -0.128. The van der Waals surface area contributed by atoms with E-state index in [0.29, 0.717) is 22.9 Å². The van der Waals surface area contributed by atoms with Crippen LogP contribution < -0.4 is 23.8 Å². The van der Waals surface area contributed by atoms with E-state index < -0.39 is 28.1 Å². The summed E-state index contributed by atoms with van der Waals surface area (Å²) in [6.45, 7) is 7.81. The summed E-state index contributed by atoms with van der Waals surface area (Å²) in [6.07, 6.45) is -1.07. The lowest BCUT2D eigenvalue weighted by atomic mass is 9.86. The van der Waals surface area contributed by atoms with Crippen molar-refractivity contribution in [2.24, 2.45) is 0 Å². The summed E-state index contributed by atoms with van der Waals surface area (Å²) in [4.78, 5) is 13.6. The summed E-state index contributed by atoms with van der Waals surface area (Å²) in [5.41, 5.74) is 1.87. The molecule has 8 nitrogen and oxygen atoms in total. The van der Waals surface area contributed by atoms with Gasteiger partial charge < -0.3 is 19.5 Å². The fraction of sp³-hybridized carbons (Fsp3) is 0.345. The Kier molecular flexibility index (Phi) is 7.60. The van der Waals surface area contributed by atoms with Gasteiger partial charge in [-0.3, -0.25) is 9.10 Å². The Labute approximate surface area is 224 Å². The van der Waals surface area contributed by atoms with Crippen LogP contribution in [0.1, 0.15) is 44.9 Å². The topological polar surface area (TPSA) is 94.2 Å². The number of fused-ring (bicyclic) bond motifs is 1. The number of amides is 1. The summed E-state index contributed by atoms with van der Waals surface area (Å²) < 4.78 is 45.7. The van der Waals surface area contributed by atoms with Crippen LogP contribution in [0.15, 0.2) is 71.6 Å². The SMILES string of the molecule is COc1ccc(OC)c(C(C)NC(=O)C2CN(S(=O)(=O)c3ccccc3)c3cc(C(C)(C)C)ccc3O2)c1. The second-order valence-corrected chi connectivity index (χ2v) is 12.1. The van der Waals surface area contributed by atoms with Crippen LogP contribution in [-0.4, -0.2) is 41.2 Å².